The Morgan fingerprint density at radius 2 is 1.04 bits per heavy atom. The average molecular weight is 442 g/mol. The minimum Gasteiger partial charge on any atom is -0.393 e. The first-order valence-corrected chi connectivity index (χ1v) is 7.79. The number of fused-ring (bicyclic) bond motifs is 2. The van der Waals surface area contributed by atoms with Crippen LogP contribution in [0.25, 0.3) is 0 Å². The van der Waals surface area contributed by atoms with Gasteiger partial charge in [-0.05, 0) is 37.5 Å². The number of hydrogen-bond donors (Lipinski definition) is 2. The van der Waals surface area contributed by atoms with E-state index in [-0.39, 0.29) is 0 Å². The summed E-state index contributed by atoms with van der Waals surface area (Å²) < 4.78 is 160. The van der Waals surface area contributed by atoms with E-state index >= 15 is 0 Å². The van der Waals surface area contributed by atoms with Crippen molar-refractivity contribution >= 4 is 0 Å². The third-order valence-corrected chi connectivity index (χ3v) is 6.16. The topological polar surface area (TPSA) is 40.5 Å². The van der Waals surface area contributed by atoms with Crippen LogP contribution in [-0.2, 0) is 0 Å². The zero-order valence-corrected chi connectivity index (χ0v) is 13.7. The van der Waals surface area contributed by atoms with E-state index < -0.39 is 85.3 Å². The van der Waals surface area contributed by atoms with Gasteiger partial charge >= 0.3 is 24.7 Å². The maximum absolute atomic E-state index is 13.4. The second-order valence-corrected chi connectivity index (χ2v) is 7.47. The van der Waals surface area contributed by atoms with E-state index in [1.807, 2.05) is 0 Å². The Morgan fingerprint density at radius 3 is 1.36 bits per heavy atom. The van der Waals surface area contributed by atoms with Gasteiger partial charge in [-0.2, -0.15) is 52.7 Å². The predicted octanol–water partition coefficient (Wildman–Crippen LogP) is 4.61. The van der Waals surface area contributed by atoms with Crippen molar-refractivity contribution in [3.8, 4) is 0 Å². The summed E-state index contributed by atoms with van der Waals surface area (Å²) in [5.74, 6) is -11.1. The van der Waals surface area contributed by atoms with Crippen LogP contribution in [0.4, 0.5) is 52.7 Å². The zero-order chi connectivity index (χ0) is 22.3. The normalized spacial score (nSPS) is 32.9. The first-order valence-electron chi connectivity index (χ1n) is 7.79. The molecule has 0 saturated heterocycles. The summed E-state index contributed by atoms with van der Waals surface area (Å²) in [6.07, 6.45) is -29.6. The van der Waals surface area contributed by atoms with Crippen molar-refractivity contribution in [3.05, 3.63) is 0 Å². The molecule has 0 aromatic heterocycles. The zero-order valence-electron chi connectivity index (χ0n) is 13.7. The van der Waals surface area contributed by atoms with E-state index in [2.05, 4.69) is 0 Å². The van der Waals surface area contributed by atoms with E-state index in [4.69, 9.17) is 0 Å². The lowest BCUT2D eigenvalue weighted by atomic mass is 9.58. The fourth-order valence-corrected chi connectivity index (χ4v) is 4.80. The van der Waals surface area contributed by atoms with Crippen molar-refractivity contribution in [3.63, 3.8) is 0 Å². The number of aliphatic hydroxyl groups excluding tert-OH is 1. The van der Waals surface area contributed by atoms with Gasteiger partial charge in [0.1, 0.15) is 0 Å². The SMILES string of the molecule is CC(C1C2CC(O)C(C2)C1C(O)(C(F)(F)F)C(F)(F)F)(C(F)(F)F)C(F)(F)F. The molecule has 2 aliphatic carbocycles. The number of hydrogen-bond acceptors (Lipinski definition) is 2. The number of alkyl halides is 12. The Balaban J connectivity index is 2.80. The molecule has 0 aromatic rings. The fraction of sp³-hybridized carbons (Fsp3) is 1.00. The summed E-state index contributed by atoms with van der Waals surface area (Å²) in [5.41, 5.74) is -10.8. The molecule has 2 saturated carbocycles. The minimum atomic E-state index is -6.63. The van der Waals surface area contributed by atoms with Gasteiger partial charge in [-0.3, -0.25) is 0 Å². The van der Waals surface area contributed by atoms with Crippen molar-refractivity contribution in [1.29, 1.82) is 0 Å². The molecule has 0 spiro atoms. The van der Waals surface area contributed by atoms with E-state index in [0.29, 0.717) is 0 Å². The summed E-state index contributed by atoms with van der Waals surface area (Å²) in [7, 11) is 0. The molecule has 14 heteroatoms. The quantitative estimate of drug-likeness (QED) is 0.614. The smallest absolute Gasteiger partial charge is 0.393 e. The Bertz CT molecular complexity index is 573. The van der Waals surface area contributed by atoms with Crippen molar-refractivity contribution in [2.75, 3.05) is 0 Å². The van der Waals surface area contributed by atoms with Crippen LogP contribution in [-0.4, -0.2) is 46.6 Å². The molecule has 166 valence electrons. The Kier molecular flexibility index (Phi) is 5.05. The molecule has 2 N–H and O–H groups in total. The second-order valence-electron chi connectivity index (χ2n) is 7.47. The van der Waals surface area contributed by atoms with Gasteiger partial charge in [-0.1, -0.05) is 0 Å². The van der Waals surface area contributed by atoms with Gasteiger partial charge in [-0.15, -0.1) is 0 Å². The lowest BCUT2D eigenvalue weighted by Crippen LogP contribution is -2.69. The maximum atomic E-state index is 13.4. The van der Waals surface area contributed by atoms with E-state index in [9.17, 15) is 62.9 Å². The van der Waals surface area contributed by atoms with Gasteiger partial charge in [0.25, 0.3) is 5.60 Å². The number of rotatable bonds is 2. The van der Waals surface area contributed by atoms with Crippen LogP contribution in [0, 0.1) is 29.1 Å². The van der Waals surface area contributed by atoms with E-state index in [1.54, 1.807) is 0 Å². The summed E-state index contributed by atoms with van der Waals surface area (Å²) in [6.45, 7) is -0.509. The van der Waals surface area contributed by atoms with Gasteiger partial charge in [0.15, 0.2) is 5.41 Å². The molecule has 0 radical (unpaired) electrons. The van der Waals surface area contributed by atoms with Crippen LogP contribution in [0.1, 0.15) is 19.8 Å². The average Bonchev–Trinajstić information content (AvgIpc) is 2.97. The molecule has 5 unspecified atom stereocenters. The lowest BCUT2D eigenvalue weighted by Gasteiger charge is -2.51. The lowest BCUT2D eigenvalue weighted by molar-refractivity contribution is -0.416. The largest absolute Gasteiger partial charge is 0.426 e. The highest BCUT2D eigenvalue weighted by atomic mass is 19.4. The Hall–Kier alpha value is -0.920. The molecule has 28 heavy (non-hydrogen) atoms. The van der Waals surface area contributed by atoms with E-state index in [1.165, 1.54) is 0 Å². The van der Waals surface area contributed by atoms with Crippen LogP contribution in [0.3, 0.4) is 0 Å². The van der Waals surface area contributed by atoms with Gasteiger partial charge in [-0.25, -0.2) is 0 Å². The predicted molar refractivity (Wildman–Crippen MR) is 66.5 cm³/mol. The first kappa shape index (κ1) is 23.4. The van der Waals surface area contributed by atoms with Crippen LogP contribution in [0.5, 0.6) is 0 Å². The summed E-state index contributed by atoms with van der Waals surface area (Å²) >= 11 is 0. The van der Waals surface area contributed by atoms with Crippen molar-refractivity contribution in [2.45, 2.75) is 56.2 Å². The second kappa shape index (κ2) is 6.05. The van der Waals surface area contributed by atoms with Gasteiger partial charge in [0.05, 0.1) is 6.10 Å². The van der Waals surface area contributed by atoms with Gasteiger partial charge < -0.3 is 10.2 Å². The summed E-state index contributed by atoms with van der Waals surface area (Å²) in [6, 6.07) is 0. The highest BCUT2D eigenvalue weighted by Gasteiger charge is 2.84. The van der Waals surface area contributed by atoms with Crippen molar-refractivity contribution < 1.29 is 62.9 Å². The molecule has 0 heterocycles. The van der Waals surface area contributed by atoms with Crippen LogP contribution in [0.15, 0.2) is 0 Å². The Labute approximate surface area is 149 Å². The van der Waals surface area contributed by atoms with Crippen molar-refractivity contribution in [1.82, 2.24) is 0 Å². The maximum Gasteiger partial charge on any atom is 0.426 e. The first-order chi connectivity index (χ1) is 12.1. The highest BCUT2D eigenvalue weighted by Crippen LogP contribution is 2.70. The summed E-state index contributed by atoms with van der Waals surface area (Å²) in [4.78, 5) is 0. The van der Waals surface area contributed by atoms with E-state index in [0.717, 1.165) is 0 Å². The molecule has 2 nitrogen and oxygen atoms in total. The van der Waals surface area contributed by atoms with Crippen LogP contribution < -0.4 is 0 Å². The molecule has 2 aliphatic rings. The Morgan fingerprint density at radius 1 is 0.643 bits per heavy atom. The number of halogens is 12. The fourth-order valence-electron chi connectivity index (χ4n) is 4.80. The van der Waals surface area contributed by atoms with Gasteiger partial charge in [0.2, 0.25) is 0 Å². The monoisotopic (exact) mass is 442 g/mol. The third kappa shape index (κ3) is 2.88. The molecule has 2 bridgehead atoms. The highest BCUT2D eigenvalue weighted by molar-refractivity contribution is 5.17. The molecule has 0 aromatic carbocycles. The standard InChI is InChI=1S/C14H14F12O2/c1-9(11(15,16)17,12(18,19)20)7-4-2-5(6(27)3-4)8(7)10(28,13(21,22)23)14(24,25)26/h4-8,27-28H,2-3H2,1H3. The summed E-state index contributed by atoms with van der Waals surface area (Å²) in [5, 5.41) is 19.3. The van der Waals surface area contributed by atoms with Crippen LogP contribution in [0.2, 0.25) is 0 Å². The number of aliphatic hydroxyl groups is 2. The molecular formula is C14H14F12O2. The molecule has 0 aliphatic heterocycles. The molecule has 2 rings (SSSR count). The van der Waals surface area contributed by atoms with Crippen LogP contribution >= 0.6 is 0 Å². The minimum absolute atomic E-state index is 0.509. The van der Waals surface area contributed by atoms with Crippen molar-refractivity contribution in [2.24, 2.45) is 29.1 Å². The molecule has 0 amide bonds. The third-order valence-electron chi connectivity index (χ3n) is 6.16. The van der Waals surface area contributed by atoms with Gasteiger partial charge in [0, 0.05) is 5.92 Å². The molecular weight excluding hydrogens is 428 g/mol. The molecule has 2 fully saturated rings. The molecule has 5 atom stereocenters.